The third-order valence-electron chi connectivity index (χ3n) is 4.97. The predicted octanol–water partition coefficient (Wildman–Crippen LogP) is 2.30. The molecule has 0 unspecified atom stereocenters. The highest BCUT2D eigenvalue weighted by molar-refractivity contribution is 5.99. The Labute approximate surface area is 135 Å². The maximum absolute atomic E-state index is 13.0. The van der Waals surface area contributed by atoms with Gasteiger partial charge < -0.3 is 9.64 Å². The van der Waals surface area contributed by atoms with Gasteiger partial charge in [0.05, 0.1) is 13.2 Å². The van der Waals surface area contributed by atoms with Gasteiger partial charge in [-0.15, -0.1) is 0 Å². The standard InChI is InChI=1S/C18H18N2O3/c1-23-17(22)18-10-9-15(12-14(18)8-5-11-19)20(18)16(21)13-6-3-2-4-7-13/h2-8,14-15H,9-10,12H2,1H3/b8-5+/t14-,15-,18+/m1/s1. The van der Waals surface area contributed by atoms with Gasteiger partial charge in [-0.1, -0.05) is 24.3 Å². The van der Waals surface area contributed by atoms with E-state index in [-0.39, 0.29) is 17.9 Å². The van der Waals surface area contributed by atoms with Crippen molar-refractivity contribution in [3.63, 3.8) is 0 Å². The molecule has 2 bridgehead atoms. The van der Waals surface area contributed by atoms with Gasteiger partial charge in [-0.2, -0.15) is 5.26 Å². The largest absolute Gasteiger partial charge is 0.467 e. The summed E-state index contributed by atoms with van der Waals surface area (Å²) in [5.74, 6) is -0.721. The smallest absolute Gasteiger partial charge is 0.332 e. The lowest BCUT2D eigenvalue weighted by atomic mass is 9.77. The second-order valence-corrected chi connectivity index (χ2v) is 5.98. The number of rotatable bonds is 3. The molecule has 23 heavy (non-hydrogen) atoms. The Morgan fingerprint density at radius 1 is 1.39 bits per heavy atom. The molecule has 2 heterocycles. The molecule has 1 aromatic carbocycles. The van der Waals surface area contributed by atoms with Gasteiger partial charge in [0, 0.05) is 23.6 Å². The summed E-state index contributed by atoms with van der Waals surface area (Å²) in [4.78, 5) is 27.3. The number of nitriles is 1. The fraction of sp³-hybridized carbons (Fsp3) is 0.389. The van der Waals surface area contributed by atoms with Crippen LogP contribution in [0.25, 0.3) is 0 Å². The molecule has 5 heteroatoms. The molecule has 2 aliphatic heterocycles. The molecule has 2 saturated heterocycles. The average molecular weight is 310 g/mol. The molecule has 3 rings (SSSR count). The second kappa shape index (κ2) is 5.88. The molecule has 118 valence electrons. The predicted molar refractivity (Wildman–Crippen MR) is 83.2 cm³/mol. The number of ether oxygens (including phenoxy) is 1. The number of allylic oxidation sites excluding steroid dienone is 1. The molecule has 2 aliphatic rings. The van der Waals surface area contributed by atoms with E-state index in [9.17, 15) is 9.59 Å². The Bertz CT molecular complexity index is 692. The first kappa shape index (κ1) is 15.3. The van der Waals surface area contributed by atoms with Crippen LogP contribution in [0.5, 0.6) is 0 Å². The van der Waals surface area contributed by atoms with E-state index in [1.807, 2.05) is 24.3 Å². The molecule has 0 N–H and O–H groups in total. The second-order valence-electron chi connectivity index (χ2n) is 5.98. The van der Waals surface area contributed by atoms with Crippen LogP contribution >= 0.6 is 0 Å². The van der Waals surface area contributed by atoms with Crippen molar-refractivity contribution in [1.29, 1.82) is 5.26 Å². The van der Waals surface area contributed by atoms with Crippen LogP contribution in [0.4, 0.5) is 0 Å². The van der Waals surface area contributed by atoms with Crippen LogP contribution in [0.2, 0.25) is 0 Å². The molecule has 5 nitrogen and oxygen atoms in total. The zero-order valence-corrected chi connectivity index (χ0v) is 12.9. The van der Waals surface area contributed by atoms with Crippen LogP contribution in [0.1, 0.15) is 29.6 Å². The maximum Gasteiger partial charge on any atom is 0.332 e. The number of carbonyl (C=O) groups is 2. The van der Waals surface area contributed by atoms with Gasteiger partial charge in [-0.3, -0.25) is 4.79 Å². The monoisotopic (exact) mass is 310 g/mol. The first-order chi connectivity index (χ1) is 11.1. The van der Waals surface area contributed by atoms with Crippen LogP contribution in [0, 0.1) is 17.2 Å². The Morgan fingerprint density at radius 2 is 2.13 bits per heavy atom. The Hall–Kier alpha value is -2.61. The third-order valence-corrected chi connectivity index (χ3v) is 4.97. The number of fused-ring (bicyclic) bond motifs is 2. The average Bonchev–Trinajstić information content (AvgIpc) is 3.13. The van der Waals surface area contributed by atoms with Gasteiger partial charge in [0.1, 0.15) is 5.54 Å². The zero-order valence-electron chi connectivity index (χ0n) is 12.9. The Morgan fingerprint density at radius 3 is 2.78 bits per heavy atom. The molecular weight excluding hydrogens is 292 g/mol. The van der Waals surface area contributed by atoms with Gasteiger partial charge in [0.25, 0.3) is 5.91 Å². The molecule has 3 atom stereocenters. The van der Waals surface area contributed by atoms with Crippen LogP contribution < -0.4 is 0 Å². The highest BCUT2D eigenvalue weighted by Gasteiger charge is 2.64. The summed E-state index contributed by atoms with van der Waals surface area (Å²) in [5.41, 5.74) is -0.419. The minimum Gasteiger partial charge on any atom is -0.467 e. The first-order valence-corrected chi connectivity index (χ1v) is 7.68. The van der Waals surface area contributed by atoms with Gasteiger partial charge in [0.15, 0.2) is 0 Å². The van der Waals surface area contributed by atoms with Crippen LogP contribution in [0.15, 0.2) is 42.5 Å². The minimum atomic E-state index is -0.986. The van der Waals surface area contributed by atoms with E-state index in [1.54, 1.807) is 23.1 Å². The molecule has 0 aliphatic carbocycles. The van der Waals surface area contributed by atoms with E-state index >= 15 is 0 Å². The molecule has 1 aromatic rings. The maximum atomic E-state index is 13.0. The van der Waals surface area contributed by atoms with Crippen molar-refractivity contribution in [2.75, 3.05) is 7.11 Å². The summed E-state index contributed by atoms with van der Waals surface area (Å²) in [6, 6.07) is 11.0. The zero-order chi connectivity index (χ0) is 16.4. The summed E-state index contributed by atoms with van der Waals surface area (Å²) >= 11 is 0. The molecule has 0 spiro atoms. The molecule has 0 saturated carbocycles. The first-order valence-electron chi connectivity index (χ1n) is 7.68. The topological polar surface area (TPSA) is 70.4 Å². The minimum absolute atomic E-state index is 0.00940. The van der Waals surface area contributed by atoms with Crippen molar-refractivity contribution < 1.29 is 14.3 Å². The highest BCUT2D eigenvalue weighted by atomic mass is 16.5. The summed E-state index contributed by atoms with van der Waals surface area (Å²) in [7, 11) is 1.35. The third kappa shape index (κ3) is 2.22. The number of hydrogen-bond donors (Lipinski definition) is 0. The molecule has 1 amide bonds. The number of benzene rings is 1. The normalized spacial score (nSPS) is 28.8. The van der Waals surface area contributed by atoms with Crippen molar-refractivity contribution in [3.05, 3.63) is 48.0 Å². The van der Waals surface area contributed by atoms with Gasteiger partial charge >= 0.3 is 5.97 Å². The number of methoxy groups -OCH3 is 1. The van der Waals surface area contributed by atoms with E-state index in [0.717, 1.165) is 6.42 Å². The number of carbonyl (C=O) groups excluding carboxylic acids is 2. The van der Waals surface area contributed by atoms with Crippen LogP contribution in [0.3, 0.4) is 0 Å². The summed E-state index contributed by atoms with van der Waals surface area (Å²) < 4.78 is 5.03. The summed E-state index contributed by atoms with van der Waals surface area (Å²) in [6.07, 6.45) is 5.17. The number of esters is 1. The molecular formula is C18H18N2O3. The Balaban J connectivity index is 2.03. The molecule has 2 fully saturated rings. The molecule has 0 radical (unpaired) electrons. The lowest BCUT2D eigenvalue weighted by Crippen LogP contribution is -2.54. The van der Waals surface area contributed by atoms with Crippen molar-refractivity contribution in [2.24, 2.45) is 5.92 Å². The van der Waals surface area contributed by atoms with E-state index < -0.39 is 11.5 Å². The fourth-order valence-corrected chi connectivity index (χ4v) is 4.03. The van der Waals surface area contributed by atoms with E-state index in [0.29, 0.717) is 18.4 Å². The van der Waals surface area contributed by atoms with Gasteiger partial charge in [0.2, 0.25) is 0 Å². The van der Waals surface area contributed by atoms with Crippen LogP contribution in [-0.2, 0) is 9.53 Å². The fourth-order valence-electron chi connectivity index (χ4n) is 4.03. The summed E-state index contributed by atoms with van der Waals surface area (Å²) in [5, 5.41) is 8.80. The summed E-state index contributed by atoms with van der Waals surface area (Å²) in [6.45, 7) is 0. The number of amides is 1. The van der Waals surface area contributed by atoms with E-state index in [2.05, 4.69) is 0 Å². The Kier molecular flexibility index (Phi) is 3.91. The van der Waals surface area contributed by atoms with Crippen molar-refractivity contribution in [3.8, 4) is 6.07 Å². The highest BCUT2D eigenvalue weighted by Crippen LogP contribution is 2.52. The van der Waals surface area contributed by atoms with Crippen LogP contribution in [-0.4, -0.2) is 35.5 Å². The van der Waals surface area contributed by atoms with Crippen molar-refractivity contribution in [1.82, 2.24) is 4.90 Å². The lowest BCUT2D eigenvalue weighted by molar-refractivity contribution is -0.152. The molecule has 0 aromatic heterocycles. The lowest BCUT2D eigenvalue weighted by Gasteiger charge is -2.35. The number of hydrogen-bond acceptors (Lipinski definition) is 4. The van der Waals surface area contributed by atoms with Gasteiger partial charge in [-0.25, -0.2) is 4.79 Å². The van der Waals surface area contributed by atoms with Gasteiger partial charge in [-0.05, 0) is 31.4 Å². The number of nitrogens with zero attached hydrogens (tertiary/aromatic N) is 2. The van der Waals surface area contributed by atoms with Crippen molar-refractivity contribution >= 4 is 11.9 Å². The van der Waals surface area contributed by atoms with E-state index in [4.69, 9.17) is 10.00 Å². The SMILES string of the molecule is COC(=O)[C@]12CC[C@H](C[C@H]1/C=C/C#N)N2C(=O)c1ccccc1. The van der Waals surface area contributed by atoms with Crippen molar-refractivity contribution in [2.45, 2.75) is 30.8 Å². The van der Waals surface area contributed by atoms with E-state index in [1.165, 1.54) is 13.2 Å². The quantitative estimate of drug-likeness (QED) is 0.634.